The van der Waals surface area contributed by atoms with Gasteiger partial charge in [-0.25, -0.2) is 4.90 Å². The number of nitrogens with one attached hydrogen (secondary N) is 1. The van der Waals surface area contributed by atoms with Crippen LogP contribution < -0.4 is 10.2 Å². The number of hydrogen-bond donors (Lipinski definition) is 1. The zero-order valence-corrected chi connectivity index (χ0v) is 17.2. The van der Waals surface area contributed by atoms with Gasteiger partial charge in [0.25, 0.3) is 5.91 Å². The normalized spacial score (nSPS) is 36.6. The Labute approximate surface area is 168 Å². The first-order chi connectivity index (χ1) is 13.4. The Morgan fingerprint density at radius 3 is 2.29 bits per heavy atom. The van der Waals surface area contributed by atoms with Crippen LogP contribution in [-0.4, -0.2) is 24.4 Å². The number of rotatable bonds is 5. The van der Waals surface area contributed by atoms with E-state index in [1.54, 1.807) is 0 Å². The number of imide groups is 1. The maximum absolute atomic E-state index is 12.9. The van der Waals surface area contributed by atoms with Crippen molar-refractivity contribution >= 4 is 17.5 Å². The molecule has 1 aliphatic heterocycles. The van der Waals surface area contributed by atoms with Crippen LogP contribution in [0.4, 0.5) is 5.69 Å². The molecule has 4 heteroatoms. The van der Waals surface area contributed by atoms with Crippen LogP contribution in [0.2, 0.25) is 0 Å². The molecule has 4 aliphatic carbocycles. The second-order valence-corrected chi connectivity index (χ2v) is 10.2. The fourth-order valence-electron chi connectivity index (χ4n) is 7.21. The molecule has 0 radical (unpaired) electrons. The Morgan fingerprint density at radius 1 is 1.04 bits per heavy atom. The lowest BCUT2D eigenvalue weighted by Gasteiger charge is -2.57. The summed E-state index contributed by atoms with van der Waals surface area (Å²) < 4.78 is 0. The number of carbonyl (C=O) groups is 2. The number of benzene rings is 1. The van der Waals surface area contributed by atoms with E-state index >= 15 is 0 Å². The van der Waals surface area contributed by atoms with Crippen molar-refractivity contribution in [3.05, 3.63) is 29.3 Å². The molecular formula is C24H32N2O2. The first-order valence-electron chi connectivity index (χ1n) is 11.1. The molecule has 4 nitrogen and oxygen atoms in total. The fraction of sp³-hybridized carbons (Fsp3) is 0.667. The highest BCUT2D eigenvalue weighted by molar-refractivity contribution is 6.22. The van der Waals surface area contributed by atoms with Gasteiger partial charge in [0.15, 0.2) is 0 Å². The van der Waals surface area contributed by atoms with E-state index in [9.17, 15) is 9.59 Å². The minimum Gasteiger partial charge on any atom is -0.305 e. The summed E-state index contributed by atoms with van der Waals surface area (Å²) >= 11 is 0. The van der Waals surface area contributed by atoms with Crippen LogP contribution in [0.15, 0.2) is 18.2 Å². The molecule has 4 saturated carbocycles. The lowest BCUT2D eigenvalue weighted by Crippen LogP contribution is -2.48. The van der Waals surface area contributed by atoms with E-state index in [-0.39, 0.29) is 24.3 Å². The Balaban J connectivity index is 1.22. The van der Waals surface area contributed by atoms with Crippen molar-refractivity contribution in [3.8, 4) is 0 Å². The molecule has 1 N–H and O–H groups in total. The molecule has 1 atom stereocenters. The number of hydrogen-bond acceptors (Lipinski definition) is 3. The SMILES string of the molecule is Cc1ccc(N2C(=O)C[C@@H](NCCC34CC5CC(CC(C5)C3)C4)C2=O)c(C)c1. The van der Waals surface area contributed by atoms with Gasteiger partial charge < -0.3 is 5.32 Å². The van der Waals surface area contributed by atoms with E-state index in [0.717, 1.165) is 47.5 Å². The summed E-state index contributed by atoms with van der Waals surface area (Å²) in [5, 5.41) is 3.46. The van der Waals surface area contributed by atoms with E-state index in [1.807, 2.05) is 32.0 Å². The van der Waals surface area contributed by atoms with Gasteiger partial charge in [0.2, 0.25) is 5.91 Å². The summed E-state index contributed by atoms with van der Waals surface area (Å²) in [5.41, 5.74) is 3.38. The molecule has 4 bridgehead atoms. The van der Waals surface area contributed by atoms with Crippen molar-refractivity contribution in [1.82, 2.24) is 5.32 Å². The summed E-state index contributed by atoms with van der Waals surface area (Å²) in [7, 11) is 0. The van der Waals surface area contributed by atoms with Crippen LogP contribution >= 0.6 is 0 Å². The van der Waals surface area contributed by atoms with Crippen molar-refractivity contribution in [2.24, 2.45) is 23.2 Å². The van der Waals surface area contributed by atoms with Gasteiger partial charge in [-0.15, -0.1) is 0 Å². The number of aryl methyl sites for hydroxylation is 2. The highest BCUT2D eigenvalue weighted by atomic mass is 16.2. The monoisotopic (exact) mass is 380 g/mol. The average Bonchev–Trinajstić information content (AvgIpc) is 2.88. The second-order valence-electron chi connectivity index (χ2n) is 10.2. The third kappa shape index (κ3) is 3.10. The van der Waals surface area contributed by atoms with E-state index in [2.05, 4.69) is 5.32 Å². The standard InChI is InChI=1S/C24H32N2O2/c1-15-3-4-21(16(2)7-15)26-22(27)11-20(23(26)28)25-6-5-24-12-17-8-18(13-24)10-19(9-17)14-24/h3-4,7,17-20,25H,5-6,8-14H2,1-2H3/t17?,18?,19?,20-,24?/m1/s1. The van der Waals surface area contributed by atoms with Crippen molar-refractivity contribution in [3.63, 3.8) is 0 Å². The molecule has 5 fully saturated rings. The van der Waals surface area contributed by atoms with Gasteiger partial charge in [0, 0.05) is 0 Å². The summed E-state index contributed by atoms with van der Waals surface area (Å²) in [5.74, 6) is 2.72. The summed E-state index contributed by atoms with van der Waals surface area (Å²) in [6.07, 6.45) is 10.0. The van der Waals surface area contributed by atoms with Crippen molar-refractivity contribution in [2.75, 3.05) is 11.4 Å². The van der Waals surface area contributed by atoms with Gasteiger partial charge in [0.1, 0.15) is 0 Å². The number of anilines is 1. The molecule has 1 aromatic rings. The van der Waals surface area contributed by atoms with Crippen molar-refractivity contribution in [1.29, 1.82) is 0 Å². The molecule has 150 valence electrons. The largest absolute Gasteiger partial charge is 0.305 e. The van der Waals surface area contributed by atoms with Gasteiger partial charge in [-0.1, -0.05) is 17.7 Å². The zero-order valence-electron chi connectivity index (χ0n) is 17.2. The van der Waals surface area contributed by atoms with Crippen LogP contribution in [0, 0.1) is 37.0 Å². The highest BCUT2D eigenvalue weighted by Gasteiger charge is 2.50. The smallest absolute Gasteiger partial charge is 0.251 e. The Kier molecular flexibility index (Phi) is 4.38. The minimum atomic E-state index is -0.359. The van der Waals surface area contributed by atoms with E-state index in [4.69, 9.17) is 0 Å². The molecule has 2 amide bonds. The van der Waals surface area contributed by atoms with Crippen LogP contribution in [-0.2, 0) is 9.59 Å². The maximum Gasteiger partial charge on any atom is 0.251 e. The second kappa shape index (κ2) is 6.69. The fourth-order valence-corrected chi connectivity index (χ4v) is 7.21. The highest BCUT2D eigenvalue weighted by Crippen LogP contribution is 2.61. The summed E-state index contributed by atoms with van der Waals surface area (Å²) in [4.78, 5) is 26.9. The molecular weight excluding hydrogens is 348 g/mol. The first kappa shape index (κ1) is 18.4. The predicted octanol–water partition coefficient (Wildman–Crippen LogP) is 4.13. The van der Waals surface area contributed by atoms with Gasteiger partial charge in [-0.3, -0.25) is 9.59 Å². The maximum atomic E-state index is 12.9. The van der Waals surface area contributed by atoms with Gasteiger partial charge in [-0.05, 0) is 100 Å². The molecule has 1 saturated heterocycles. The first-order valence-corrected chi connectivity index (χ1v) is 11.1. The molecule has 0 aromatic heterocycles. The number of carbonyl (C=O) groups excluding carboxylic acids is 2. The van der Waals surface area contributed by atoms with Crippen molar-refractivity contribution < 1.29 is 9.59 Å². The van der Waals surface area contributed by atoms with E-state index in [1.165, 1.54) is 43.4 Å². The van der Waals surface area contributed by atoms with E-state index < -0.39 is 0 Å². The molecule has 28 heavy (non-hydrogen) atoms. The third-order valence-electron chi connectivity index (χ3n) is 7.95. The Bertz CT molecular complexity index is 780. The lowest BCUT2D eigenvalue weighted by atomic mass is 9.49. The molecule has 5 aliphatic rings. The van der Waals surface area contributed by atoms with Crippen LogP contribution in [0.25, 0.3) is 0 Å². The zero-order chi connectivity index (χ0) is 19.5. The Hall–Kier alpha value is -1.68. The lowest BCUT2D eigenvalue weighted by molar-refractivity contribution is -0.121. The summed E-state index contributed by atoms with van der Waals surface area (Å²) in [6, 6.07) is 5.54. The topological polar surface area (TPSA) is 49.4 Å². The third-order valence-corrected chi connectivity index (χ3v) is 7.95. The predicted molar refractivity (Wildman–Crippen MR) is 110 cm³/mol. The summed E-state index contributed by atoms with van der Waals surface area (Å²) in [6.45, 7) is 4.85. The van der Waals surface area contributed by atoms with Crippen molar-refractivity contribution in [2.45, 2.75) is 71.3 Å². The van der Waals surface area contributed by atoms with E-state index in [0.29, 0.717) is 5.41 Å². The van der Waals surface area contributed by atoms with Gasteiger partial charge in [-0.2, -0.15) is 0 Å². The molecule has 0 unspecified atom stereocenters. The average molecular weight is 381 g/mol. The molecule has 6 rings (SSSR count). The molecule has 1 heterocycles. The van der Waals surface area contributed by atoms with Crippen LogP contribution in [0.3, 0.4) is 0 Å². The molecule has 0 spiro atoms. The quantitative estimate of drug-likeness (QED) is 0.782. The minimum absolute atomic E-state index is 0.0794. The number of nitrogens with zero attached hydrogens (tertiary/aromatic N) is 1. The molecule has 1 aromatic carbocycles. The van der Waals surface area contributed by atoms with Crippen LogP contribution in [0.5, 0.6) is 0 Å². The number of amides is 2. The van der Waals surface area contributed by atoms with Gasteiger partial charge in [0.05, 0.1) is 18.2 Å². The van der Waals surface area contributed by atoms with Gasteiger partial charge >= 0.3 is 0 Å². The van der Waals surface area contributed by atoms with Crippen LogP contribution in [0.1, 0.15) is 62.5 Å². The Morgan fingerprint density at radius 2 is 1.68 bits per heavy atom.